The Labute approximate surface area is 127 Å². The summed E-state index contributed by atoms with van der Waals surface area (Å²) < 4.78 is 5.81. The van der Waals surface area contributed by atoms with Gasteiger partial charge in [-0.1, -0.05) is 38.0 Å². The predicted molar refractivity (Wildman–Crippen MR) is 85.1 cm³/mol. The van der Waals surface area contributed by atoms with Gasteiger partial charge in [0.1, 0.15) is 5.75 Å². The normalized spacial score (nSPS) is 13.0. The van der Waals surface area contributed by atoms with Crippen LogP contribution < -0.4 is 15.4 Å². The van der Waals surface area contributed by atoms with Crippen molar-refractivity contribution in [1.29, 1.82) is 0 Å². The lowest BCUT2D eigenvalue weighted by atomic mass is 10.0. The third-order valence-corrected chi connectivity index (χ3v) is 3.19. The van der Waals surface area contributed by atoms with E-state index in [-0.39, 0.29) is 18.5 Å². The van der Waals surface area contributed by atoms with Gasteiger partial charge in [0.2, 0.25) is 0 Å². The molecule has 0 spiro atoms. The topological polar surface area (TPSA) is 50.4 Å². The van der Waals surface area contributed by atoms with Crippen LogP contribution in [0.2, 0.25) is 0 Å². The second kappa shape index (κ2) is 9.04. The van der Waals surface area contributed by atoms with E-state index in [1.807, 2.05) is 24.3 Å². The van der Waals surface area contributed by atoms with Gasteiger partial charge in [0.15, 0.2) is 6.10 Å². The van der Waals surface area contributed by atoms with Crippen LogP contribution in [0.3, 0.4) is 0 Å². The largest absolute Gasteiger partial charge is 0.481 e. The van der Waals surface area contributed by atoms with Crippen LogP contribution in [0.15, 0.2) is 24.3 Å². The molecule has 1 amide bonds. The van der Waals surface area contributed by atoms with Crippen molar-refractivity contribution >= 4 is 5.91 Å². The molecule has 0 aliphatic rings. The fourth-order valence-corrected chi connectivity index (χ4v) is 2.12. The molecule has 0 bridgehead atoms. The minimum absolute atomic E-state index is 0.209. The average Bonchev–Trinajstić information content (AvgIpc) is 2.51. The van der Waals surface area contributed by atoms with Crippen LogP contribution in [0.25, 0.3) is 0 Å². The molecule has 0 fully saturated rings. The number of carbonyl (C=O) groups is 1. The quantitative estimate of drug-likeness (QED) is 0.721. The summed E-state index contributed by atoms with van der Waals surface area (Å²) in [4.78, 5) is 11.8. The predicted octanol–water partition coefficient (Wildman–Crippen LogP) is 2.26. The van der Waals surface area contributed by atoms with Crippen molar-refractivity contribution in [2.75, 3.05) is 13.1 Å². The van der Waals surface area contributed by atoms with E-state index in [1.165, 1.54) is 0 Å². The molecule has 1 aromatic rings. The van der Waals surface area contributed by atoms with Crippen molar-refractivity contribution in [2.24, 2.45) is 0 Å². The van der Waals surface area contributed by atoms with Gasteiger partial charge in [-0.2, -0.15) is 0 Å². The monoisotopic (exact) mass is 288 g/mol. The van der Waals surface area contributed by atoms with Crippen LogP contribution >= 0.6 is 0 Å². The first-order valence-electron chi connectivity index (χ1n) is 7.34. The van der Waals surface area contributed by atoms with Crippen molar-refractivity contribution < 1.29 is 9.53 Å². The molecule has 1 rings (SSSR count). The number of carbonyl (C=O) groups excluding carboxylic acids is 1. The van der Waals surface area contributed by atoms with Gasteiger partial charge in [0, 0.05) is 11.6 Å². The molecule has 0 radical (unpaired) electrons. The van der Waals surface area contributed by atoms with E-state index in [0.717, 1.165) is 24.3 Å². The molecule has 0 aliphatic heterocycles. The van der Waals surface area contributed by atoms with Crippen molar-refractivity contribution in [2.45, 2.75) is 39.3 Å². The van der Waals surface area contributed by atoms with Gasteiger partial charge in [-0.15, -0.1) is 6.42 Å². The number of para-hydroxylation sites is 1. The summed E-state index contributed by atoms with van der Waals surface area (Å²) in [7, 11) is 0. The highest BCUT2D eigenvalue weighted by molar-refractivity contribution is 5.80. The van der Waals surface area contributed by atoms with Crippen LogP contribution in [-0.4, -0.2) is 25.1 Å². The van der Waals surface area contributed by atoms with E-state index in [0.29, 0.717) is 0 Å². The molecule has 4 nitrogen and oxygen atoms in total. The number of terminal acetylenes is 1. The second-order valence-electron chi connectivity index (χ2n) is 4.74. The van der Waals surface area contributed by atoms with Gasteiger partial charge in [0.25, 0.3) is 5.91 Å². The summed E-state index contributed by atoms with van der Waals surface area (Å²) in [6.45, 7) is 7.00. The number of amides is 1. The highest BCUT2D eigenvalue weighted by Crippen LogP contribution is 2.27. The van der Waals surface area contributed by atoms with E-state index < -0.39 is 6.10 Å². The minimum atomic E-state index is -0.585. The lowest BCUT2D eigenvalue weighted by Gasteiger charge is -2.22. The molecule has 21 heavy (non-hydrogen) atoms. The van der Waals surface area contributed by atoms with Crippen LogP contribution in [0.5, 0.6) is 5.75 Å². The summed E-state index contributed by atoms with van der Waals surface area (Å²) >= 11 is 0. The van der Waals surface area contributed by atoms with Crippen molar-refractivity contribution in [3.05, 3.63) is 29.8 Å². The van der Waals surface area contributed by atoms with E-state index in [1.54, 1.807) is 6.92 Å². The maximum atomic E-state index is 11.8. The maximum Gasteiger partial charge on any atom is 0.261 e. The summed E-state index contributed by atoms with van der Waals surface area (Å²) in [5, 5.41) is 6.04. The molecular weight excluding hydrogens is 264 g/mol. The number of hydrogen-bond acceptors (Lipinski definition) is 3. The third-order valence-electron chi connectivity index (χ3n) is 3.19. The van der Waals surface area contributed by atoms with Gasteiger partial charge in [0.05, 0.1) is 6.54 Å². The smallest absolute Gasteiger partial charge is 0.261 e. The fourth-order valence-electron chi connectivity index (χ4n) is 2.12. The lowest BCUT2D eigenvalue weighted by Crippen LogP contribution is -2.36. The SMILES string of the molecule is C#CCNC(=O)C(C)Oc1ccccc1C(CC)NCC. The first-order valence-corrected chi connectivity index (χ1v) is 7.34. The Morgan fingerprint density at radius 2 is 2.10 bits per heavy atom. The maximum absolute atomic E-state index is 11.8. The number of hydrogen-bond donors (Lipinski definition) is 2. The summed E-state index contributed by atoms with van der Waals surface area (Å²) in [5.74, 6) is 2.90. The van der Waals surface area contributed by atoms with E-state index >= 15 is 0 Å². The zero-order chi connectivity index (χ0) is 15.7. The average molecular weight is 288 g/mol. The Morgan fingerprint density at radius 1 is 1.38 bits per heavy atom. The molecule has 2 unspecified atom stereocenters. The first-order chi connectivity index (χ1) is 10.1. The second-order valence-corrected chi connectivity index (χ2v) is 4.74. The van der Waals surface area contributed by atoms with E-state index in [4.69, 9.17) is 11.2 Å². The van der Waals surface area contributed by atoms with Crippen LogP contribution in [0, 0.1) is 12.3 Å². The summed E-state index contributed by atoms with van der Waals surface area (Å²) in [6.07, 6.45) is 5.50. The van der Waals surface area contributed by atoms with Crippen molar-refractivity contribution in [3.8, 4) is 18.1 Å². The van der Waals surface area contributed by atoms with Crippen molar-refractivity contribution in [1.82, 2.24) is 10.6 Å². The van der Waals surface area contributed by atoms with E-state index in [2.05, 4.69) is 30.4 Å². The van der Waals surface area contributed by atoms with E-state index in [9.17, 15) is 4.79 Å². The van der Waals surface area contributed by atoms with Crippen molar-refractivity contribution in [3.63, 3.8) is 0 Å². The molecule has 2 N–H and O–H groups in total. The number of benzene rings is 1. The molecular formula is C17H24N2O2. The van der Waals surface area contributed by atoms with Gasteiger partial charge < -0.3 is 15.4 Å². The minimum Gasteiger partial charge on any atom is -0.481 e. The fraction of sp³-hybridized carbons (Fsp3) is 0.471. The van der Waals surface area contributed by atoms with Gasteiger partial charge in [-0.3, -0.25) is 4.79 Å². The zero-order valence-electron chi connectivity index (χ0n) is 13.0. The zero-order valence-corrected chi connectivity index (χ0v) is 13.0. The molecule has 2 atom stereocenters. The van der Waals surface area contributed by atoms with Gasteiger partial charge in [-0.25, -0.2) is 0 Å². The summed E-state index contributed by atoms with van der Waals surface area (Å²) in [5.41, 5.74) is 1.07. The van der Waals surface area contributed by atoms with Gasteiger partial charge in [-0.05, 0) is 26.0 Å². The third kappa shape index (κ3) is 5.13. The van der Waals surface area contributed by atoms with Crippen LogP contribution in [-0.2, 0) is 4.79 Å². The molecule has 0 aliphatic carbocycles. The highest BCUT2D eigenvalue weighted by Gasteiger charge is 2.18. The Kier molecular flexibility index (Phi) is 7.34. The Hall–Kier alpha value is -1.99. The van der Waals surface area contributed by atoms with Crippen LogP contribution in [0.4, 0.5) is 0 Å². The molecule has 0 heterocycles. The molecule has 0 aromatic heterocycles. The lowest BCUT2D eigenvalue weighted by molar-refractivity contribution is -0.127. The molecule has 4 heteroatoms. The highest BCUT2D eigenvalue weighted by atomic mass is 16.5. The Bertz CT molecular complexity index is 494. The first kappa shape index (κ1) is 17.1. The molecule has 0 saturated heterocycles. The number of nitrogens with one attached hydrogen (secondary N) is 2. The number of ether oxygens (including phenoxy) is 1. The Balaban J connectivity index is 2.83. The molecule has 0 saturated carbocycles. The van der Waals surface area contributed by atoms with Crippen LogP contribution in [0.1, 0.15) is 38.8 Å². The standard InChI is InChI=1S/C17H24N2O2/c1-5-12-19-17(20)13(4)21-16-11-9-8-10-14(16)15(6-2)18-7-3/h1,8-11,13,15,18H,6-7,12H2,2-4H3,(H,19,20). The molecule has 114 valence electrons. The summed E-state index contributed by atoms with van der Waals surface area (Å²) in [6, 6.07) is 8.01. The van der Waals surface area contributed by atoms with Gasteiger partial charge >= 0.3 is 0 Å². The molecule has 1 aromatic carbocycles. The number of rotatable bonds is 8. The Morgan fingerprint density at radius 3 is 2.71 bits per heavy atom.